The smallest absolute Gasteiger partial charge is 0.229 e. The van der Waals surface area contributed by atoms with Crippen molar-refractivity contribution >= 4 is 34.1 Å². The summed E-state index contributed by atoms with van der Waals surface area (Å²) in [7, 11) is 0. The van der Waals surface area contributed by atoms with Crippen LogP contribution < -0.4 is 5.32 Å². The van der Waals surface area contributed by atoms with Gasteiger partial charge in [-0.25, -0.2) is 0 Å². The number of rotatable bonds is 6. The van der Waals surface area contributed by atoms with Gasteiger partial charge in [-0.1, -0.05) is 43.4 Å². The lowest BCUT2D eigenvalue weighted by Gasteiger charge is -2.06. The standard InChI is InChI=1S/C14H17N3OS2/c1-3-10(2)13(18)15-14-17-16-12(20-14)9-19-11-7-5-4-6-8-11/h4-8,10H,3,9H2,1-2H3,(H,15,17,18)/t10-/m0/s1. The Morgan fingerprint density at radius 2 is 2.10 bits per heavy atom. The van der Waals surface area contributed by atoms with E-state index in [4.69, 9.17) is 0 Å². The van der Waals surface area contributed by atoms with Crippen LogP contribution in [0.2, 0.25) is 0 Å². The maximum atomic E-state index is 11.8. The Morgan fingerprint density at radius 3 is 2.80 bits per heavy atom. The van der Waals surface area contributed by atoms with Crippen molar-refractivity contribution in [3.05, 3.63) is 35.3 Å². The monoisotopic (exact) mass is 307 g/mol. The molecule has 0 aliphatic heterocycles. The van der Waals surface area contributed by atoms with E-state index in [9.17, 15) is 4.79 Å². The lowest BCUT2D eigenvalue weighted by molar-refractivity contribution is -0.119. The summed E-state index contributed by atoms with van der Waals surface area (Å²) in [4.78, 5) is 13.0. The molecule has 0 fully saturated rings. The SMILES string of the molecule is CC[C@H](C)C(=O)Nc1nnc(CSc2ccccc2)s1. The summed E-state index contributed by atoms with van der Waals surface area (Å²) in [6.45, 7) is 3.90. The number of aromatic nitrogens is 2. The molecular formula is C14H17N3OS2. The van der Waals surface area contributed by atoms with Gasteiger partial charge in [-0.2, -0.15) is 0 Å². The zero-order chi connectivity index (χ0) is 14.4. The van der Waals surface area contributed by atoms with Crippen LogP contribution >= 0.6 is 23.1 Å². The van der Waals surface area contributed by atoms with Crippen molar-refractivity contribution in [3.63, 3.8) is 0 Å². The van der Waals surface area contributed by atoms with E-state index in [2.05, 4.69) is 27.6 Å². The van der Waals surface area contributed by atoms with Gasteiger partial charge in [-0.05, 0) is 18.6 Å². The van der Waals surface area contributed by atoms with E-state index in [1.807, 2.05) is 32.0 Å². The van der Waals surface area contributed by atoms with Gasteiger partial charge in [-0.15, -0.1) is 22.0 Å². The Bertz CT molecular complexity index is 557. The van der Waals surface area contributed by atoms with Crippen molar-refractivity contribution in [2.45, 2.75) is 30.9 Å². The van der Waals surface area contributed by atoms with Crippen LogP contribution in [-0.2, 0) is 10.5 Å². The average Bonchev–Trinajstić information content (AvgIpc) is 2.92. The predicted octanol–water partition coefficient (Wildman–Crippen LogP) is 3.82. The molecule has 1 N–H and O–H groups in total. The van der Waals surface area contributed by atoms with Crippen LogP contribution in [0.3, 0.4) is 0 Å². The highest BCUT2D eigenvalue weighted by Gasteiger charge is 2.13. The van der Waals surface area contributed by atoms with E-state index in [0.717, 1.165) is 17.2 Å². The van der Waals surface area contributed by atoms with E-state index < -0.39 is 0 Å². The summed E-state index contributed by atoms with van der Waals surface area (Å²) in [6, 6.07) is 10.2. The average molecular weight is 307 g/mol. The van der Waals surface area contributed by atoms with Gasteiger partial charge in [0.1, 0.15) is 5.01 Å². The number of carbonyl (C=O) groups excluding carboxylic acids is 1. The number of hydrogen-bond donors (Lipinski definition) is 1. The maximum Gasteiger partial charge on any atom is 0.229 e. The molecule has 0 aliphatic carbocycles. The minimum atomic E-state index is 0.000966. The van der Waals surface area contributed by atoms with Gasteiger partial charge in [0.05, 0.1) is 5.75 Å². The first kappa shape index (κ1) is 15.0. The predicted molar refractivity (Wildman–Crippen MR) is 84.0 cm³/mol. The zero-order valence-electron chi connectivity index (χ0n) is 11.5. The summed E-state index contributed by atoms with van der Waals surface area (Å²) in [5.74, 6) is 0.771. The van der Waals surface area contributed by atoms with E-state index >= 15 is 0 Å². The lowest BCUT2D eigenvalue weighted by atomic mass is 10.1. The molecule has 2 rings (SSSR count). The van der Waals surface area contributed by atoms with Crippen LogP contribution in [0.4, 0.5) is 5.13 Å². The molecule has 1 atom stereocenters. The van der Waals surface area contributed by atoms with E-state index in [1.165, 1.54) is 16.2 Å². The first-order valence-corrected chi connectivity index (χ1v) is 8.30. The Labute approximate surface area is 127 Å². The molecule has 0 aliphatic rings. The minimum Gasteiger partial charge on any atom is -0.300 e. The number of carbonyl (C=O) groups is 1. The summed E-state index contributed by atoms with van der Waals surface area (Å²) < 4.78 is 0. The van der Waals surface area contributed by atoms with Gasteiger partial charge in [0, 0.05) is 10.8 Å². The normalized spacial score (nSPS) is 12.1. The van der Waals surface area contributed by atoms with Crippen molar-refractivity contribution in [2.75, 3.05) is 5.32 Å². The first-order valence-electron chi connectivity index (χ1n) is 6.50. The number of hydrogen-bond acceptors (Lipinski definition) is 5. The van der Waals surface area contributed by atoms with Gasteiger partial charge in [0.15, 0.2) is 0 Å². The molecule has 4 nitrogen and oxygen atoms in total. The molecule has 2 aromatic rings. The third-order valence-electron chi connectivity index (χ3n) is 2.86. The Hall–Kier alpha value is -1.40. The summed E-state index contributed by atoms with van der Waals surface area (Å²) >= 11 is 3.15. The molecule has 0 radical (unpaired) electrons. The molecule has 0 spiro atoms. The molecule has 1 heterocycles. The van der Waals surface area contributed by atoms with Crippen LogP contribution in [0.1, 0.15) is 25.3 Å². The topological polar surface area (TPSA) is 54.9 Å². The van der Waals surface area contributed by atoms with Crippen molar-refractivity contribution in [1.82, 2.24) is 10.2 Å². The van der Waals surface area contributed by atoms with Crippen LogP contribution in [0.5, 0.6) is 0 Å². The number of nitrogens with zero attached hydrogens (tertiary/aromatic N) is 2. The third kappa shape index (κ3) is 4.31. The van der Waals surface area contributed by atoms with Crippen LogP contribution in [0.15, 0.2) is 35.2 Å². The summed E-state index contributed by atoms with van der Waals surface area (Å²) in [5, 5.41) is 12.4. The first-order chi connectivity index (χ1) is 9.69. The second-order valence-electron chi connectivity index (χ2n) is 4.40. The zero-order valence-corrected chi connectivity index (χ0v) is 13.1. The second-order valence-corrected chi connectivity index (χ2v) is 6.51. The molecule has 1 aromatic carbocycles. The highest BCUT2D eigenvalue weighted by Crippen LogP contribution is 2.25. The molecule has 6 heteroatoms. The molecule has 0 saturated heterocycles. The molecule has 20 heavy (non-hydrogen) atoms. The number of anilines is 1. The van der Waals surface area contributed by atoms with Gasteiger partial charge < -0.3 is 5.32 Å². The minimum absolute atomic E-state index is 0.000966. The summed E-state index contributed by atoms with van der Waals surface area (Å²) in [5.41, 5.74) is 0. The van der Waals surface area contributed by atoms with Crippen molar-refractivity contribution < 1.29 is 4.79 Å². The second kappa shape index (κ2) is 7.40. The molecule has 0 unspecified atom stereocenters. The van der Waals surface area contributed by atoms with Crippen LogP contribution in [0.25, 0.3) is 0 Å². The fourth-order valence-corrected chi connectivity index (χ4v) is 3.09. The van der Waals surface area contributed by atoms with E-state index in [-0.39, 0.29) is 11.8 Å². The van der Waals surface area contributed by atoms with E-state index in [0.29, 0.717) is 5.13 Å². The Morgan fingerprint density at radius 1 is 1.35 bits per heavy atom. The molecule has 1 amide bonds. The number of nitrogens with one attached hydrogen (secondary N) is 1. The highest BCUT2D eigenvalue weighted by molar-refractivity contribution is 7.98. The van der Waals surface area contributed by atoms with Gasteiger partial charge in [0.25, 0.3) is 0 Å². The van der Waals surface area contributed by atoms with Crippen LogP contribution in [-0.4, -0.2) is 16.1 Å². The Balaban J connectivity index is 1.88. The van der Waals surface area contributed by atoms with Crippen molar-refractivity contribution in [3.8, 4) is 0 Å². The third-order valence-corrected chi connectivity index (χ3v) is 4.91. The molecule has 0 saturated carbocycles. The molecule has 1 aromatic heterocycles. The van der Waals surface area contributed by atoms with Gasteiger partial charge in [0.2, 0.25) is 11.0 Å². The lowest BCUT2D eigenvalue weighted by Crippen LogP contribution is -2.19. The van der Waals surface area contributed by atoms with Gasteiger partial charge >= 0.3 is 0 Å². The largest absolute Gasteiger partial charge is 0.300 e. The number of benzene rings is 1. The molecule has 0 bridgehead atoms. The van der Waals surface area contributed by atoms with Gasteiger partial charge in [-0.3, -0.25) is 4.79 Å². The molecule has 106 valence electrons. The number of amides is 1. The van der Waals surface area contributed by atoms with E-state index in [1.54, 1.807) is 11.8 Å². The van der Waals surface area contributed by atoms with Crippen LogP contribution in [0, 0.1) is 5.92 Å². The Kier molecular flexibility index (Phi) is 5.55. The summed E-state index contributed by atoms with van der Waals surface area (Å²) in [6.07, 6.45) is 0.821. The highest BCUT2D eigenvalue weighted by atomic mass is 32.2. The number of thioether (sulfide) groups is 1. The quantitative estimate of drug-likeness (QED) is 0.824. The fraction of sp³-hybridized carbons (Fsp3) is 0.357. The maximum absolute atomic E-state index is 11.8. The van der Waals surface area contributed by atoms with Crippen molar-refractivity contribution in [2.24, 2.45) is 5.92 Å². The van der Waals surface area contributed by atoms with Crippen molar-refractivity contribution in [1.29, 1.82) is 0 Å². The fourth-order valence-electron chi connectivity index (χ4n) is 1.44. The molecular weight excluding hydrogens is 290 g/mol.